The zero-order valence-corrected chi connectivity index (χ0v) is 25.9. The summed E-state index contributed by atoms with van der Waals surface area (Å²) in [6.45, 7) is 4.54. The molecule has 5 heteroatoms. The summed E-state index contributed by atoms with van der Waals surface area (Å²) < 4.78 is 13.3. The fourth-order valence-corrected chi connectivity index (χ4v) is 6.81. The maximum Gasteiger partial charge on any atom is 0.178 e. The fourth-order valence-electron chi connectivity index (χ4n) is 6.81. The molecular weight excluding hydrogens is 578 g/mol. The summed E-state index contributed by atoms with van der Waals surface area (Å²) in [5.74, 6) is 4.79. The lowest BCUT2D eigenvalue weighted by atomic mass is 9.82. The molecule has 0 spiro atoms. The minimum atomic E-state index is -0.129. The van der Waals surface area contributed by atoms with Gasteiger partial charge in [-0.25, -0.2) is 15.0 Å². The summed E-state index contributed by atoms with van der Waals surface area (Å²) in [5.41, 5.74) is 9.45. The van der Waals surface area contributed by atoms with E-state index < -0.39 is 0 Å². The number of hydrogen-bond acceptors (Lipinski definition) is 5. The third kappa shape index (κ3) is 4.43. The van der Waals surface area contributed by atoms with Crippen molar-refractivity contribution in [3.05, 3.63) is 151 Å². The first-order valence-corrected chi connectivity index (χ1v) is 15.8. The second-order valence-electron chi connectivity index (χ2n) is 12.4. The summed E-state index contributed by atoms with van der Waals surface area (Å²) in [6, 6.07) is 47.2. The molecule has 0 fully saturated rings. The van der Waals surface area contributed by atoms with E-state index >= 15 is 0 Å². The van der Waals surface area contributed by atoms with Gasteiger partial charge in [0, 0.05) is 33.2 Å². The molecule has 0 saturated carbocycles. The van der Waals surface area contributed by atoms with Gasteiger partial charge >= 0.3 is 0 Å². The predicted octanol–water partition coefficient (Wildman–Crippen LogP) is 10.7. The monoisotopic (exact) mass is 607 g/mol. The smallest absolute Gasteiger partial charge is 0.178 e. The Morgan fingerprint density at radius 3 is 1.60 bits per heavy atom. The molecule has 0 saturated heterocycles. The van der Waals surface area contributed by atoms with Crippen molar-refractivity contribution in [3.8, 4) is 79.4 Å². The summed E-state index contributed by atoms with van der Waals surface area (Å²) in [6.07, 6.45) is 0. The first-order chi connectivity index (χ1) is 23.0. The molecular formula is C42H29N3O2. The molecule has 2 aliphatic rings. The Balaban J connectivity index is 1.11. The zero-order valence-electron chi connectivity index (χ0n) is 25.9. The first-order valence-electron chi connectivity index (χ1n) is 15.8. The van der Waals surface area contributed by atoms with Gasteiger partial charge in [-0.2, -0.15) is 0 Å². The number of fused-ring (bicyclic) bond motifs is 6. The third-order valence-corrected chi connectivity index (χ3v) is 9.22. The molecule has 0 unspecified atom stereocenters. The number of aromatic nitrogens is 3. The van der Waals surface area contributed by atoms with E-state index in [-0.39, 0.29) is 5.41 Å². The molecule has 1 aliphatic carbocycles. The van der Waals surface area contributed by atoms with Gasteiger partial charge in [0.1, 0.15) is 0 Å². The second kappa shape index (κ2) is 10.5. The summed E-state index contributed by atoms with van der Waals surface area (Å²) >= 11 is 0. The van der Waals surface area contributed by atoms with Crippen LogP contribution in [0.25, 0.3) is 56.4 Å². The standard InChI is InChI=1S/C42H29N3O2/c1-42(2)32-18-10-9-16-31(32)36-33(42)24-25-35-38(36)47-37-30(17-11-19-34(37)46-35)26-20-22-29(23-21-26)41-44-39(27-12-5-3-6-13-27)43-40(45-41)28-14-7-4-8-15-28/h3-25H,1-2H3. The SMILES string of the molecule is CC1(C)c2ccccc2-c2c1ccc1c2Oc2c(cccc2-c2ccc(-c3nc(-c4ccccc4)nc(-c4ccccc4)n3)cc2)O1. The Morgan fingerprint density at radius 1 is 0.404 bits per heavy atom. The van der Waals surface area contributed by atoms with Crippen LogP contribution in [0.3, 0.4) is 0 Å². The number of hydrogen-bond donors (Lipinski definition) is 0. The van der Waals surface area contributed by atoms with Crippen LogP contribution in [0.5, 0.6) is 23.0 Å². The predicted molar refractivity (Wildman–Crippen MR) is 186 cm³/mol. The number of benzene rings is 6. The largest absolute Gasteiger partial charge is 0.449 e. The van der Waals surface area contributed by atoms with Crippen LogP contribution in [0.4, 0.5) is 0 Å². The average molecular weight is 608 g/mol. The molecule has 0 bridgehead atoms. The molecule has 6 aromatic carbocycles. The molecule has 9 rings (SSSR count). The lowest BCUT2D eigenvalue weighted by Gasteiger charge is -2.26. The van der Waals surface area contributed by atoms with Crippen LogP contribution in [0.2, 0.25) is 0 Å². The number of rotatable bonds is 4. The van der Waals surface area contributed by atoms with Crippen LogP contribution in [0.1, 0.15) is 25.0 Å². The van der Waals surface area contributed by atoms with Crippen LogP contribution in [0, 0.1) is 0 Å². The van der Waals surface area contributed by atoms with Gasteiger partial charge in [-0.1, -0.05) is 141 Å². The minimum Gasteiger partial charge on any atom is -0.449 e. The summed E-state index contributed by atoms with van der Waals surface area (Å²) in [7, 11) is 0. The van der Waals surface area contributed by atoms with E-state index in [1.54, 1.807) is 0 Å². The molecule has 2 heterocycles. The minimum absolute atomic E-state index is 0.129. The Kier molecular flexibility index (Phi) is 6.09. The number of para-hydroxylation sites is 1. The number of nitrogens with zero attached hydrogens (tertiary/aromatic N) is 3. The highest BCUT2D eigenvalue weighted by atomic mass is 16.6. The van der Waals surface area contributed by atoms with Gasteiger partial charge in [-0.15, -0.1) is 0 Å². The normalized spacial score (nSPS) is 13.4. The van der Waals surface area contributed by atoms with Crippen molar-refractivity contribution in [2.45, 2.75) is 19.3 Å². The van der Waals surface area contributed by atoms with Crippen molar-refractivity contribution in [2.75, 3.05) is 0 Å². The molecule has 7 aromatic rings. The van der Waals surface area contributed by atoms with Gasteiger partial charge in [0.2, 0.25) is 0 Å². The highest BCUT2D eigenvalue weighted by molar-refractivity contribution is 5.89. The van der Waals surface area contributed by atoms with E-state index in [4.69, 9.17) is 24.4 Å². The van der Waals surface area contributed by atoms with Crippen molar-refractivity contribution in [1.82, 2.24) is 15.0 Å². The quantitative estimate of drug-likeness (QED) is 0.199. The third-order valence-electron chi connectivity index (χ3n) is 9.22. The lowest BCUT2D eigenvalue weighted by Crippen LogP contribution is -2.15. The van der Waals surface area contributed by atoms with Crippen LogP contribution >= 0.6 is 0 Å². The van der Waals surface area contributed by atoms with E-state index in [9.17, 15) is 0 Å². The average Bonchev–Trinajstić information content (AvgIpc) is 3.37. The molecule has 0 amide bonds. The van der Waals surface area contributed by atoms with Gasteiger partial charge < -0.3 is 9.47 Å². The summed E-state index contributed by atoms with van der Waals surface area (Å²) in [4.78, 5) is 14.6. The van der Waals surface area contributed by atoms with Crippen molar-refractivity contribution in [3.63, 3.8) is 0 Å². The fraction of sp³-hybridized carbons (Fsp3) is 0.0714. The van der Waals surface area contributed by atoms with Gasteiger partial charge in [0.05, 0.1) is 0 Å². The molecule has 0 atom stereocenters. The number of ether oxygens (including phenoxy) is 2. The first kappa shape index (κ1) is 27.3. The highest BCUT2D eigenvalue weighted by Crippen LogP contribution is 2.59. The van der Waals surface area contributed by atoms with Gasteiger partial charge in [-0.3, -0.25) is 0 Å². The lowest BCUT2D eigenvalue weighted by molar-refractivity contribution is 0.361. The zero-order chi connectivity index (χ0) is 31.5. The van der Waals surface area contributed by atoms with Crippen molar-refractivity contribution < 1.29 is 9.47 Å². The molecule has 0 radical (unpaired) electrons. The molecule has 1 aromatic heterocycles. The van der Waals surface area contributed by atoms with Crippen molar-refractivity contribution in [1.29, 1.82) is 0 Å². The maximum atomic E-state index is 6.84. The van der Waals surface area contributed by atoms with E-state index in [0.717, 1.165) is 44.9 Å². The van der Waals surface area contributed by atoms with E-state index in [1.165, 1.54) is 16.7 Å². The van der Waals surface area contributed by atoms with Crippen molar-refractivity contribution in [2.24, 2.45) is 0 Å². The van der Waals surface area contributed by atoms with Gasteiger partial charge in [-0.05, 0) is 34.4 Å². The Hall–Kier alpha value is -6.07. The van der Waals surface area contributed by atoms with E-state index in [1.807, 2.05) is 78.9 Å². The molecule has 1 aliphatic heterocycles. The van der Waals surface area contributed by atoms with Crippen LogP contribution < -0.4 is 9.47 Å². The van der Waals surface area contributed by atoms with Crippen LogP contribution in [0.15, 0.2) is 140 Å². The van der Waals surface area contributed by atoms with Crippen LogP contribution in [-0.4, -0.2) is 15.0 Å². The Bertz CT molecular complexity index is 2260. The second-order valence-corrected chi connectivity index (χ2v) is 12.4. The van der Waals surface area contributed by atoms with Crippen LogP contribution in [-0.2, 0) is 5.41 Å². The van der Waals surface area contributed by atoms with Crippen molar-refractivity contribution >= 4 is 0 Å². The topological polar surface area (TPSA) is 57.1 Å². The molecule has 47 heavy (non-hydrogen) atoms. The molecule has 5 nitrogen and oxygen atoms in total. The van der Waals surface area contributed by atoms with E-state index in [0.29, 0.717) is 29.0 Å². The highest BCUT2D eigenvalue weighted by Gasteiger charge is 2.39. The molecule has 0 N–H and O–H groups in total. The Labute approximate surface area is 273 Å². The molecule has 224 valence electrons. The van der Waals surface area contributed by atoms with Gasteiger partial charge in [0.25, 0.3) is 0 Å². The Morgan fingerprint density at radius 2 is 0.936 bits per heavy atom. The maximum absolute atomic E-state index is 6.84. The van der Waals surface area contributed by atoms with Gasteiger partial charge in [0.15, 0.2) is 40.5 Å². The van der Waals surface area contributed by atoms with E-state index in [2.05, 4.69) is 74.5 Å². The summed E-state index contributed by atoms with van der Waals surface area (Å²) in [5, 5.41) is 0.